The third kappa shape index (κ3) is 2.22. The lowest BCUT2D eigenvalue weighted by Crippen LogP contribution is -2.02. The molecule has 0 unspecified atom stereocenters. The SMILES string of the molecule is COc1ccc(Cl)c(Nc2c(N)c(C)nn2C)c1. The summed E-state index contributed by atoms with van der Waals surface area (Å²) >= 11 is 6.13. The van der Waals surface area contributed by atoms with Gasteiger partial charge in [-0.15, -0.1) is 0 Å². The van der Waals surface area contributed by atoms with Gasteiger partial charge < -0.3 is 15.8 Å². The van der Waals surface area contributed by atoms with Gasteiger partial charge in [-0.1, -0.05) is 11.6 Å². The third-order valence-corrected chi connectivity index (χ3v) is 3.02. The van der Waals surface area contributed by atoms with Crippen LogP contribution < -0.4 is 15.8 Å². The van der Waals surface area contributed by atoms with E-state index in [-0.39, 0.29) is 0 Å². The van der Waals surface area contributed by atoms with Crippen molar-refractivity contribution in [3.63, 3.8) is 0 Å². The Kier molecular flexibility index (Phi) is 3.34. The van der Waals surface area contributed by atoms with Crippen LogP contribution in [0.2, 0.25) is 5.02 Å². The molecule has 0 saturated carbocycles. The van der Waals surface area contributed by atoms with Crippen LogP contribution in [-0.4, -0.2) is 16.9 Å². The largest absolute Gasteiger partial charge is 0.497 e. The standard InChI is InChI=1S/C12H15ClN4O/c1-7-11(14)12(17(2)16-7)15-10-6-8(18-3)4-5-9(10)13/h4-6,15H,14H2,1-3H3. The molecule has 1 heterocycles. The maximum Gasteiger partial charge on any atom is 0.152 e. The molecule has 0 aliphatic carbocycles. The van der Waals surface area contributed by atoms with E-state index in [1.54, 1.807) is 23.9 Å². The highest BCUT2D eigenvalue weighted by molar-refractivity contribution is 6.33. The number of methoxy groups -OCH3 is 1. The minimum atomic E-state index is 0.592. The Hall–Kier alpha value is -1.88. The number of anilines is 3. The van der Waals surface area contributed by atoms with Gasteiger partial charge in [-0.25, -0.2) is 0 Å². The summed E-state index contributed by atoms with van der Waals surface area (Å²) in [4.78, 5) is 0. The van der Waals surface area contributed by atoms with Gasteiger partial charge in [0.25, 0.3) is 0 Å². The predicted molar refractivity (Wildman–Crippen MR) is 73.6 cm³/mol. The molecule has 0 spiro atoms. The van der Waals surface area contributed by atoms with Gasteiger partial charge in [0.05, 0.1) is 29.2 Å². The van der Waals surface area contributed by atoms with Gasteiger partial charge in [-0.2, -0.15) is 5.10 Å². The Morgan fingerprint density at radius 1 is 1.44 bits per heavy atom. The van der Waals surface area contributed by atoms with Crippen molar-refractivity contribution < 1.29 is 4.74 Å². The lowest BCUT2D eigenvalue weighted by molar-refractivity contribution is 0.415. The molecule has 6 heteroatoms. The number of aryl methyl sites for hydroxylation is 2. The molecule has 2 rings (SSSR count). The highest BCUT2D eigenvalue weighted by Crippen LogP contribution is 2.32. The molecule has 0 amide bonds. The quantitative estimate of drug-likeness (QED) is 0.897. The van der Waals surface area contributed by atoms with Crippen molar-refractivity contribution in [3.05, 3.63) is 28.9 Å². The fraction of sp³-hybridized carbons (Fsp3) is 0.250. The topological polar surface area (TPSA) is 65.1 Å². The van der Waals surface area contributed by atoms with Crippen LogP contribution in [0.3, 0.4) is 0 Å². The molecule has 3 N–H and O–H groups in total. The first-order chi connectivity index (χ1) is 8.52. The van der Waals surface area contributed by atoms with Crippen LogP contribution in [0.25, 0.3) is 0 Å². The number of nitrogen functional groups attached to an aromatic ring is 1. The van der Waals surface area contributed by atoms with Crippen molar-refractivity contribution in [2.45, 2.75) is 6.92 Å². The van der Waals surface area contributed by atoms with E-state index in [4.69, 9.17) is 22.1 Å². The number of ether oxygens (including phenoxy) is 1. The zero-order valence-corrected chi connectivity index (χ0v) is 11.2. The van der Waals surface area contributed by atoms with Crippen LogP contribution in [0.15, 0.2) is 18.2 Å². The number of nitrogens with zero attached hydrogens (tertiary/aromatic N) is 2. The molecule has 18 heavy (non-hydrogen) atoms. The van der Waals surface area contributed by atoms with Crippen molar-refractivity contribution in [1.82, 2.24) is 9.78 Å². The first-order valence-corrected chi connectivity index (χ1v) is 5.80. The number of benzene rings is 1. The smallest absolute Gasteiger partial charge is 0.152 e. The van der Waals surface area contributed by atoms with Crippen LogP contribution in [0.1, 0.15) is 5.69 Å². The molecule has 0 saturated heterocycles. The van der Waals surface area contributed by atoms with Gasteiger partial charge in [-0.3, -0.25) is 4.68 Å². The van der Waals surface area contributed by atoms with Crippen LogP contribution in [-0.2, 0) is 7.05 Å². The van der Waals surface area contributed by atoms with Crippen LogP contribution in [0, 0.1) is 6.92 Å². The minimum Gasteiger partial charge on any atom is -0.497 e. The number of halogens is 1. The monoisotopic (exact) mass is 266 g/mol. The van der Waals surface area contributed by atoms with E-state index >= 15 is 0 Å². The molecule has 0 aliphatic rings. The van der Waals surface area contributed by atoms with Gasteiger partial charge in [0.15, 0.2) is 5.82 Å². The molecule has 96 valence electrons. The molecule has 2 aromatic rings. The van der Waals surface area contributed by atoms with E-state index in [1.807, 2.05) is 20.0 Å². The lowest BCUT2D eigenvalue weighted by Gasteiger charge is -2.11. The molecule has 0 atom stereocenters. The summed E-state index contributed by atoms with van der Waals surface area (Å²) in [6.45, 7) is 1.85. The van der Waals surface area contributed by atoms with Crippen molar-refractivity contribution >= 4 is 28.8 Å². The Labute approximate surface area is 110 Å². The van der Waals surface area contributed by atoms with Gasteiger partial charge in [0.2, 0.25) is 0 Å². The summed E-state index contributed by atoms with van der Waals surface area (Å²) in [6.07, 6.45) is 0. The minimum absolute atomic E-state index is 0.592. The first kappa shape index (κ1) is 12.6. The summed E-state index contributed by atoms with van der Waals surface area (Å²) < 4.78 is 6.84. The zero-order valence-electron chi connectivity index (χ0n) is 10.5. The van der Waals surface area contributed by atoms with E-state index in [0.29, 0.717) is 16.5 Å². The second-order valence-electron chi connectivity index (χ2n) is 3.94. The van der Waals surface area contributed by atoms with Gasteiger partial charge in [0, 0.05) is 13.1 Å². The highest BCUT2D eigenvalue weighted by atomic mass is 35.5. The van der Waals surface area contributed by atoms with Gasteiger partial charge in [0.1, 0.15) is 5.75 Å². The molecule has 1 aromatic carbocycles. The molecule has 0 bridgehead atoms. The van der Waals surface area contributed by atoms with Gasteiger partial charge >= 0.3 is 0 Å². The van der Waals surface area contributed by atoms with E-state index in [9.17, 15) is 0 Å². The number of aromatic nitrogens is 2. The maximum atomic E-state index is 6.13. The average Bonchev–Trinajstić information content (AvgIpc) is 2.58. The molecule has 0 fully saturated rings. The summed E-state index contributed by atoms with van der Waals surface area (Å²) in [6, 6.07) is 5.37. The number of nitrogens with two attached hydrogens (primary N) is 1. The summed E-state index contributed by atoms with van der Waals surface area (Å²) in [7, 11) is 3.43. The van der Waals surface area contributed by atoms with Crippen molar-refractivity contribution in [1.29, 1.82) is 0 Å². The lowest BCUT2D eigenvalue weighted by atomic mass is 10.3. The number of rotatable bonds is 3. The summed E-state index contributed by atoms with van der Waals surface area (Å²) in [5, 5.41) is 7.99. The molecular formula is C12H15ClN4O. The zero-order chi connectivity index (χ0) is 13.3. The van der Waals surface area contributed by atoms with E-state index in [1.165, 1.54) is 0 Å². The fourth-order valence-corrected chi connectivity index (χ4v) is 1.84. The highest BCUT2D eigenvalue weighted by Gasteiger charge is 2.12. The predicted octanol–water partition coefficient (Wildman–Crippen LogP) is 2.72. The van der Waals surface area contributed by atoms with Gasteiger partial charge in [-0.05, 0) is 19.1 Å². The average molecular weight is 267 g/mol. The molecule has 0 aliphatic heterocycles. The third-order valence-electron chi connectivity index (χ3n) is 2.70. The number of nitrogens with one attached hydrogen (secondary N) is 1. The fourth-order valence-electron chi connectivity index (χ4n) is 1.68. The Morgan fingerprint density at radius 2 is 2.17 bits per heavy atom. The van der Waals surface area contributed by atoms with Crippen molar-refractivity contribution in [3.8, 4) is 5.75 Å². The Bertz CT molecular complexity index is 580. The molecule has 1 aromatic heterocycles. The first-order valence-electron chi connectivity index (χ1n) is 5.42. The Balaban J connectivity index is 2.39. The second kappa shape index (κ2) is 4.78. The Morgan fingerprint density at radius 3 is 2.72 bits per heavy atom. The number of hydrogen-bond acceptors (Lipinski definition) is 4. The molecule has 0 radical (unpaired) electrons. The maximum absolute atomic E-state index is 6.13. The van der Waals surface area contributed by atoms with Crippen molar-refractivity contribution in [2.75, 3.05) is 18.2 Å². The summed E-state index contributed by atoms with van der Waals surface area (Å²) in [5.41, 5.74) is 8.06. The van der Waals surface area contributed by atoms with Crippen LogP contribution >= 0.6 is 11.6 Å². The van der Waals surface area contributed by atoms with E-state index in [0.717, 1.165) is 17.1 Å². The van der Waals surface area contributed by atoms with E-state index < -0.39 is 0 Å². The number of hydrogen-bond donors (Lipinski definition) is 2. The summed E-state index contributed by atoms with van der Waals surface area (Å²) in [5.74, 6) is 1.43. The van der Waals surface area contributed by atoms with Crippen LogP contribution in [0.5, 0.6) is 5.75 Å². The normalized spacial score (nSPS) is 10.4. The molecular weight excluding hydrogens is 252 g/mol. The van der Waals surface area contributed by atoms with Crippen LogP contribution in [0.4, 0.5) is 17.2 Å². The second-order valence-corrected chi connectivity index (χ2v) is 4.35. The molecule has 5 nitrogen and oxygen atoms in total. The van der Waals surface area contributed by atoms with Crippen molar-refractivity contribution in [2.24, 2.45) is 7.05 Å². The van der Waals surface area contributed by atoms with E-state index in [2.05, 4.69) is 10.4 Å².